The Balaban J connectivity index is 1.91. The van der Waals surface area contributed by atoms with Gasteiger partial charge in [-0.3, -0.25) is 4.79 Å². The molecule has 1 aromatic carbocycles. The van der Waals surface area contributed by atoms with Crippen LogP contribution in [0.15, 0.2) is 30.9 Å². The Kier molecular flexibility index (Phi) is 3.99. The SMILES string of the molecule is C=CCNC(=O)COc1ccc2c(c1)CCC2O. The summed E-state index contributed by atoms with van der Waals surface area (Å²) in [5.41, 5.74) is 2.07. The Morgan fingerprint density at radius 2 is 2.44 bits per heavy atom. The Hall–Kier alpha value is -1.81. The standard InChI is InChI=1S/C14H17NO3/c1-2-7-15-14(17)9-18-11-4-5-12-10(8-11)3-6-13(12)16/h2,4-5,8,13,16H,1,3,6-7,9H2,(H,15,17). The zero-order valence-electron chi connectivity index (χ0n) is 10.2. The van der Waals surface area contributed by atoms with Crippen LogP contribution in [0.4, 0.5) is 0 Å². The molecule has 4 heteroatoms. The van der Waals surface area contributed by atoms with Crippen LogP contribution in [-0.4, -0.2) is 24.2 Å². The van der Waals surface area contributed by atoms with Gasteiger partial charge in [-0.2, -0.15) is 0 Å². The van der Waals surface area contributed by atoms with E-state index in [0.717, 1.165) is 24.0 Å². The summed E-state index contributed by atoms with van der Waals surface area (Å²) in [6, 6.07) is 5.55. The minimum absolute atomic E-state index is 0.00478. The molecule has 1 unspecified atom stereocenters. The lowest BCUT2D eigenvalue weighted by Crippen LogP contribution is -2.28. The van der Waals surface area contributed by atoms with Crippen molar-refractivity contribution in [2.24, 2.45) is 0 Å². The predicted molar refractivity (Wildman–Crippen MR) is 68.4 cm³/mol. The van der Waals surface area contributed by atoms with Gasteiger partial charge in [0, 0.05) is 6.54 Å². The van der Waals surface area contributed by atoms with Gasteiger partial charge in [-0.05, 0) is 36.1 Å². The normalized spacial score (nSPS) is 17.1. The van der Waals surface area contributed by atoms with E-state index in [-0.39, 0.29) is 18.6 Å². The van der Waals surface area contributed by atoms with Gasteiger partial charge in [0.1, 0.15) is 5.75 Å². The van der Waals surface area contributed by atoms with Gasteiger partial charge in [0.15, 0.2) is 6.61 Å². The van der Waals surface area contributed by atoms with Gasteiger partial charge in [-0.15, -0.1) is 6.58 Å². The zero-order chi connectivity index (χ0) is 13.0. The average molecular weight is 247 g/mol. The highest BCUT2D eigenvalue weighted by molar-refractivity contribution is 5.77. The highest BCUT2D eigenvalue weighted by atomic mass is 16.5. The number of fused-ring (bicyclic) bond motifs is 1. The second kappa shape index (κ2) is 5.69. The van der Waals surface area contributed by atoms with Crippen LogP contribution < -0.4 is 10.1 Å². The first-order valence-corrected chi connectivity index (χ1v) is 6.02. The highest BCUT2D eigenvalue weighted by Crippen LogP contribution is 2.33. The van der Waals surface area contributed by atoms with Crippen LogP contribution in [0.2, 0.25) is 0 Å². The molecule has 18 heavy (non-hydrogen) atoms. The fourth-order valence-electron chi connectivity index (χ4n) is 2.05. The van der Waals surface area contributed by atoms with Crippen molar-refractivity contribution in [1.82, 2.24) is 5.32 Å². The second-order valence-corrected chi connectivity index (χ2v) is 4.30. The predicted octanol–water partition coefficient (Wildman–Crippen LogP) is 1.35. The third-order valence-corrected chi connectivity index (χ3v) is 2.97. The van der Waals surface area contributed by atoms with E-state index < -0.39 is 0 Å². The largest absolute Gasteiger partial charge is 0.484 e. The van der Waals surface area contributed by atoms with Gasteiger partial charge in [0.2, 0.25) is 0 Å². The van der Waals surface area contributed by atoms with Crippen molar-refractivity contribution >= 4 is 5.91 Å². The van der Waals surface area contributed by atoms with Crippen molar-refractivity contribution in [3.63, 3.8) is 0 Å². The first kappa shape index (κ1) is 12.6. The van der Waals surface area contributed by atoms with Crippen LogP contribution in [0.25, 0.3) is 0 Å². The number of hydrogen-bond acceptors (Lipinski definition) is 3. The van der Waals surface area contributed by atoms with E-state index in [1.165, 1.54) is 0 Å². The number of ether oxygens (including phenoxy) is 1. The van der Waals surface area contributed by atoms with Crippen molar-refractivity contribution in [3.05, 3.63) is 42.0 Å². The van der Waals surface area contributed by atoms with E-state index in [1.807, 2.05) is 12.1 Å². The number of hydrogen-bond donors (Lipinski definition) is 2. The molecule has 0 bridgehead atoms. The minimum Gasteiger partial charge on any atom is -0.484 e. The van der Waals surface area contributed by atoms with E-state index in [1.54, 1.807) is 12.1 Å². The van der Waals surface area contributed by atoms with E-state index >= 15 is 0 Å². The van der Waals surface area contributed by atoms with Gasteiger partial charge in [0.05, 0.1) is 6.10 Å². The minimum atomic E-state index is -0.357. The molecule has 1 aromatic rings. The third kappa shape index (κ3) is 2.90. The number of aryl methyl sites for hydroxylation is 1. The van der Waals surface area contributed by atoms with Crippen molar-refractivity contribution < 1.29 is 14.6 Å². The molecule has 0 aliphatic heterocycles. The topological polar surface area (TPSA) is 58.6 Å². The molecule has 1 amide bonds. The summed E-state index contributed by atoms with van der Waals surface area (Å²) < 4.78 is 5.40. The molecule has 0 radical (unpaired) electrons. The number of carbonyl (C=O) groups is 1. The first-order chi connectivity index (χ1) is 8.70. The smallest absolute Gasteiger partial charge is 0.258 e. The van der Waals surface area contributed by atoms with Gasteiger partial charge < -0.3 is 15.2 Å². The van der Waals surface area contributed by atoms with E-state index in [0.29, 0.717) is 12.3 Å². The maximum atomic E-state index is 11.3. The number of carbonyl (C=O) groups excluding carboxylic acids is 1. The number of aliphatic hydroxyl groups excluding tert-OH is 1. The van der Waals surface area contributed by atoms with Crippen LogP contribution in [0.3, 0.4) is 0 Å². The van der Waals surface area contributed by atoms with Crippen molar-refractivity contribution in [1.29, 1.82) is 0 Å². The molecule has 2 N–H and O–H groups in total. The lowest BCUT2D eigenvalue weighted by atomic mass is 10.1. The maximum absolute atomic E-state index is 11.3. The van der Waals surface area contributed by atoms with Gasteiger partial charge >= 0.3 is 0 Å². The number of nitrogens with one attached hydrogen (secondary N) is 1. The van der Waals surface area contributed by atoms with Crippen LogP contribution in [0, 0.1) is 0 Å². The zero-order valence-corrected chi connectivity index (χ0v) is 10.2. The number of aliphatic hydroxyl groups is 1. The van der Waals surface area contributed by atoms with Crippen molar-refractivity contribution in [3.8, 4) is 5.75 Å². The summed E-state index contributed by atoms with van der Waals surface area (Å²) in [5.74, 6) is 0.493. The molecule has 0 spiro atoms. The molecule has 2 rings (SSSR count). The fraction of sp³-hybridized carbons (Fsp3) is 0.357. The molecular formula is C14H17NO3. The second-order valence-electron chi connectivity index (χ2n) is 4.30. The number of amides is 1. The molecule has 0 saturated carbocycles. The van der Waals surface area contributed by atoms with Gasteiger partial charge in [-0.1, -0.05) is 12.1 Å². The molecule has 0 saturated heterocycles. The molecule has 96 valence electrons. The summed E-state index contributed by atoms with van der Waals surface area (Å²) in [6.07, 6.45) is 2.88. The maximum Gasteiger partial charge on any atom is 0.258 e. The summed E-state index contributed by atoms with van der Waals surface area (Å²) in [4.78, 5) is 11.3. The molecule has 1 aliphatic carbocycles. The van der Waals surface area contributed by atoms with Crippen molar-refractivity contribution in [2.75, 3.05) is 13.2 Å². The van der Waals surface area contributed by atoms with Crippen LogP contribution in [-0.2, 0) is 11.2 Å². The van der Waals surface area contributed by atoms with Gasteiger partial charge in [0.25, 0.3) is 5.91 Å². The number of rotatable bonds is 5. The van der Waals surface area contributed by atoms with Gasteiger partial charge in [-0.25, -0.2) is 0 Å². The van der Waals surface area contributed by atoms with Crippen LogP contribution in [0.5, 0.6) is 5.75 Å². The van der Waals surface area contributed by atoms with E-state index in [9.17, 15) is 9.90 Å². The Bertz CT molecular complexity index is 456. The lowest BCUT2D eigenvalue weighted by Gasteiger charge is -2.08. The van der Waals surface area contributed by atoms with E-state index in [4.69, 9.17) is 4.74 Å². The Morgan fingerprint density at radius 3 is 3.22 bits per heavy atom. The monoisotopic (exact) mass is 247 g/mol. The molecular weight excluding hydrogens is 230 g/mol. The highest BCUT2D eigenvalue weighted by Gasteiger charge is 2.20. The Morgan fingerprint density at radius 1 is 1.61 bits per heavy atom. The van der Waals surface area contributed by atoms with Crippen LogP contribution >= 0.6 is 0 Å². The lowest BCUT2D eigenvalue weighted by molar-refractivity contribution is -0.122. The molecule has 4 nitrogen and oxygen atoms in total. The molecule has 0 fully saturated rings. The first-order valence-electron chi connectivity index (χ1n) is 6.02. The quantitative estimate of drug-likeness (QED) is 0.772. The van der Waals surface area contributed by atoms with Crippen molar-refractivity contribution in [2.45, 2.75) is 18.9 Å². The average Bonchev–Trinajstić information content (AvgIpc) is 2.75. The van der Waals surface area contributed by atoms with E-state index in [2.05, 4.69) is 11.9 Å². The summed E-state index contributed by atoms with van der Waals surface area (Å²) in [7, 11) is 0. The van der Waals surface area contributed by atoms with Crippen LogP contribution in [0.1, 0.15) is 23.7 Å². The Labute approximate surface area is 106 Å². The number of benzene rings is 1. The summed E-state index contributed by atoms with van der Waals surface area (Å²) >= 11 is 0. The molecule has 0 heterocycles. The summed E-state index contributed by atoms with van der Waals surface area (Å²) in [6.45, 7) is 3.96. The fourth-order valence-corrected chi connectivity index (χ4v) is 2.05. The molecule has 1 aliphatic rings. The molecule has 1 atom stereocenters. The third-order valence-electron chi connectivity index (χ3n) is 2.97. The molecule has 0 aromatic heterocycles. The summed E-state index contributed by atoms with van der Waals surface area (Å²) in [5, 5.41) is 12.3.